The number of nitriles is 2. The van der Waals surface area contributed by atoms with E-state index in [1.807, 2.05) is 55.6 Å². The minimum absolute atomic E-state index is 0.103. The summed E-state index contributed by atoms with van der Waals surface area (Å²) in [5, 5.41) is 24.8. The highest BCUT2D eigenvalue weighted by Crippen LogP contribution is 2.37. The number of piperidine rings is 1. The predicted molar refractivity (Wildman–Crippen MR) is 149 cm³/mol. The summed E-state index contributed by atoms with van der Waals surface area (Å²) in [6, 6.07) is 10.4. The molecule has 0 bridgehead atoms. The van der Waals surface area contributed by atoms with Crippen LogP contribution in [0.4, 0.5) is 10.1 Å². The molecule has 40 heavy (non-hydrogen) atoms. The van der Waals surface area contributed by atoms with Gasteiger partial charge in [-0.05, 0) is 38.1 Å². The van der Waals surface area contributed by atoms with Gasteiger partial charge in [0.2, 0.25) is 0 Å². The number of hydrogen-bond acceptors (Lipinski definition) is 8. The van der Waals surface area contributed by atoms with E-state index in [-0.39, 0.29) is 11.1 Å². The Balaban J connectivity index is 1.10. The maximum absolute atomic E-state index is 15.1. The summed E-state index contributed by atoms with van der Waals surface area (Å²) in [6.07, 6.45) is 9.54. The van der Waals surface area contributed by atoms with Crippen LogP contribution in [0, 0.1) is 28.5 Å². The van der Waals surface area contributed by atoms with Gasteiger partial charge in [-0.3, -0.25) is 14.5 Å². The van der Waals surface area contributed by atoms with Gasteiger partial charge < -0.3 is 9.88 Å². The van der Waals surface area contributed by atoms with Gasteiger partial charge >= 0.3 is 0 Å². The molecule has 1 N–H and O–H groups in total. The van der Waals surface area contributed by atoms with Crippen LogP contribution in [0.1, 0.15) is 30.4 Å². The Morgan fingerprint density at radius 2 is 1.95 bits per heavy atom. The highest BCUT2D eigenvalue weighted by Gasteiger charge is 2.48. The van der Waals surface area contributed by atoms with Crippen LogP contribution >= 0.6 is 0 Å². The third-order valence-corrected chi connectivity index (χ3v) is 8.36. The Hall–Kier alpha value is -4.32. The number of benzene rings is 1. The molecule has 11 heteroatoms. The number of H-pyrrole nitrogens is 1. The quantitative estimate of drug-likeness (QED) is 0.380. The topological polar surface area (TPSA) is 117 Å². The van der Waals surface area contributed by atoms with Crippen LogP contribution in [0.25, 0.3) is 22.3 Å². The summed E-state index contributed by atoms with van der Waals surface area (Å²) in [6.45, 7) is 3.74. The molecule has 2 aliphatic rings. The van der Waals surface area contributed by atoms with Crippen molar-refractivity contribution in [2.75, 3.05) is 45.2 Å². The fraction of sp³-hybridized carbons (Fsp3) is 0.414. The van der Waals surface area contributed by atoms with Gasteiger partial charge in [-0.25, -0.2) is 14.4 Å². The third kappa shape index (κ3) is 4.47. The molecule has 0 saturated carbocycles. The lowest BCUT2D eigenvalue weighted by atomic mass is 9.83. The second-order valence-corrected chi connectivity index (χ2v) is 11.0. The Labute approximate surface area is 232 Å². The molecule has 0 unspecified atom stereocenters. The van der Waals surface area contributed by atoms with Gasteiger partial charge in [-0.15, -0.1) is 0 Å². The van der Waals surface area contributed by atoms with E-state index < -0.39 is 5.82 Å². The van der Waals surface area contributed by atoms with Gasteiger partial charge in [0.25, 0.3) is 0 Å². The first-order valence-electron chi connectivity index (χ1n) is 13.5. The molecule has 204 valence electrons. The third-order valence-electron chi connectivity index (χ3n) is 8.36. The minimum atomic E-state index is -0.419. The molecule has 0 spiro atoms. The molecule has 2 fully saturated rings. The normalized spacial score (nSPS) is 17.8. The second-order valence-electron chi connectivity index (χ2n) is 11.0. The molecule has 0 atom stereocenters. The van der Waals surface area contributed by atoms with Crippen LogP contribution < -0.4 is 4.90 Å². The van der Waals surface area contributed by atoms with Gasteiger partial charge in [0, 0.05) is 68.7 Å². The molecule has 0 amide bonds. The number of aromatic amines is 1. The Bertz CT molecular complexity index is 1610. The maximum atomic E-state index is 15.1. The first-order valence-corrected chi connectivity index (χ1v) is 13.5. The summed E-state index contributed by atoms with van der Waals surface area (Å²) in [7, 11) is 3.62. The fourth-order valence-electron chi connectivity index (χ4n) is 6.15. The van der Waals surface area contributed by atoms with Crippen molar-refractivity contribution in [3.63, 3.8) is 0 Å². The van der Waals surface area contributed by atoms with E-state index in [1.54, 1.807) is 17.3 Å². The van der Waals surface area contributed by atoms with E-state index >= 15 is 4.39 Å². The molecule has 0 radical (unpaired) electrons. The van der Waals surface area contributed by atoms with Crippen LogP contribution in [-0.4, -0.2) is 80.8 Å². The van der Waals surface area contributed by atoms with Crippen molar-refractivity contribution in [2.45, 2.75) is 37.4 Å². The second kappa shape index (κ2) is 10.3. The number of hydrogen-bond donors (Lipinski definition) is 1. The molecule has 3 aromatic heterocycles. The van der Waals surface area contributed by atoms with Crippen molar-refractivity contribution in [2.24, 2.45) is 0 Å². The van der Waals surface area contributed by atoms with Gasteiger partial charge in [0.1, 0.15) is 35.0 Å². The van der Waals surface area contributed by atoms with Gasteiger partial charge in [0.15, 0.2) is 0 Å². The average molecular weight is 539 g/mol. The molecule has 5 heterocycles. The lowest BCUT2D eigenvalue weighted by molar-refractivity contribution is -0.0436. The molecular formula is C29H31FN10. The van der Waals surface area contributed by atoms with Crippen LogP contribution in [-0.2, 0) is 12.1 Å². The summed E-state index contributed by atoms with van der Waals surface area (Å²) in [5.41, 5.74) is 3.41. The maximum Gasteiger partial charge on any atom is 0.147 e. The molecule has 4 aromatic rings. The largest absolute Gasteiger partial charge is 0.377 e. The molecule has 1 aromatic carbocycles. The fourth-order valence-corrected chi connectivity index (χ4v) is 6.15. The van der Waals surface area contributed by atoms with E-state index in [0.29, 0.717) is 30.3 Å². The summed E-state index contributed by atoms with van der Waals surface area (Å²) >= 11 is 0. The molecule has 10 nitrogen and oxygen atoms in total. The van der Waals surface area contributed by atoms with E-state index in [0.717, 1.165) is 61.3 Å². The van der Waals surface area contributed by atoms with Crippen molar-refractivity contribution in [1.82, 2.24) is 34.5 Å². The van der Waals surface area contributed by atoms with Crippen molar-refractivity contribution in [3.8, 4) is 23.4 Å². The first-order chi connectivity index (χ1) is 19.4. The molecule has 6 rings (SSSR count). The number of anilines is 1. The van der Waals surface area contributed by atoms with E-state index in [2.05, 4.69) is 35.9 Å². The average Bonchev–Trinajstić information content (AvgIpc) is 3.62. The van der Waals surface area contributed by atoms with Crippen molar-refractivity contribution >= 4 is 16.7 Å². The molecule has 2 aliphatic heterocycles. The highest BCUT2D eigenvalue weighted by molar-refractivity contribution is 5.90. The van der Waals surface area contributed by atoms with Crippen LogP contribution in [0.3, 0.4) is 0 Å². The zero-order valence-electron chi connectivity index (χ0n) is 22.7. The lowest BCUT2D eigenvalue weighted by Gasteiger charge is -2.53. The number of halogens is 1. The van der Waals surface area contributed by atoms with E-state index in [1.165, 1.54) is 0 Å². The number of nitrogens with one attached hydrogen (secondary N) is 1. The summed E-state index contributed by atoms with van der Waals surface area (Å²) in [4.78, 5) is 18.3. The monoisotopic (exact) mass is 538 g/mol. The summed E-state index contributed by atoms with van der Waals surface area (Å²) < 4.78 is 17.0. The number of likely N-dealkylation sites (tertiary alicyclic amines) is 2. The minimum Gasteiger partial charge on any atom is -0.377 e. The first kappa shape index (κ1) is 25.9. The van der Waals surface area contributed by atoms with Gasteiger partial charge in [-0.1, -0.05) is 6.07 Å². The van der Waals surface area contributed by atoms with E-state index in [9.17, 15) is 10.5 Å². The number of aromatic nitrogens is 5. The molecular weight excluding hydrogens is 507 g/mol. The molecule has 0 aliphatic carbocycles. The zero-order chi connectivity index (χ0) is 27.9. The lowest BCUT2D eigenvalue weighted by Crippen LogP contribution is -2.66. The zero-order valence-corrected chi connectivity index (χ0v) is 22.7. The van der Waals surface area contributed by atoms with Gasteiger partial charge in [-0.2, -0.15) is 15.6 Å². The van der Waals surface area contributed by atoms with Crippen LogP contribution in [0.2, 0.25) is 0 Å². The number of nitrogens with zero attached hydrogens (tertiary/aromatic N) is 9. The van der Waals surface area contributed by atoms with Crippen molar-refractivity contribution in [3.05, 3.63) is 60.1 Å². The summed E-state index contributed by atoms with van der Waals surface area (Å²) in [5.74, 6) is -0.419. The Kier molecular flexibility index (Phi) is 6.70. The Morgan fingerprint density at radius 3 is 2.67 bits per heavy atom. The van der Waals surface area contributed by atoms with Crippen LogP contribution in [0.5, 0.6) is 0 Å². The predicted octanol–water partition coefficient (Wildman–Crippen LogP) is 3.49. The van der Waals surface area contributed by atoms with Gasteiger partial charge in [0.05, 0.1) is 30.1 Å². The van der Waals surface area contributed by atoms with Crippen molar-refractivity contribution < 1.29 is 4.39 Å². The SMILES string of the molecule is CN(C)c1ccc(CN2CCC(N3CC(CC#N)(n4cc(-c5ncnc6[nH]ccc56)cn4)C3)CC2)c(F)c1C#N. The van der Waals surface area contributed by atoms with Crippen LogP contribution in [0.15, 0.2) is 43.1 Å². The Morgan fingerprint density at radius 1 is 1.15 bits per heavy atom. The number of rotatable bonds is 7. The van der Waals surface area contributed by atoms with E-state index in [4.69, 9.17) is 0 Å². The number of fused-ring (bicyclic) bond motifs is 1. The standard InChI is InChI=1S/C29H31FN10/c1-37(2)25-4-3-20(26(30)24(25)13-32)15-38-11-6-22(7-12-38)39-17-29(18-39,8-9-31)40-16-21(14-36-40)27-23-5-10-33-28(23)35-19-34-27/h3-5,10,14,16,19,22H,6-8,11-12,15,17-18H2,1-2H3,(H,33,34,35). The van der Waals surface area contributed by atoms with Crippen molar-refractivity contribution in [1.29, 1.82) is 10.5 Å². The molecule has 2 saturated heterocycles. The highest BCUT2D eigenvalue weighted by atomic mass is 19.1. The smallest absolute Gasteiger partial charge is 0.147 e.